The number of aryl methyl sites for hydroxylation is 1. The molecule has 0 fully saturated rings. The lowest BCUT2D eigenvalue weighted by Gasteiger charge is -2.16. The van der Waals surface area contributed by atoms with Gasteiger partial charge in [-0.25, -0.2) is 9.07 Å². The second kappa shape index (κ2) is 10.4. The summed E-state index contributed by atoms with van der Waals surface area (Å²) in [6, 6.07) is 8.04. The minimum absolute atomic E-state index is 0.0747. The van der Waals surface area contributed by atoms with Gasteiger partial charge in [0, 0.05) is 18.7 Å². The number of rotatable bonds is 10. The van der Waals surface area contributed by atoms with Crippen LogP contribution in [0.5, 0.6) is 11.5 Å². The molecular formula is C20H22Cl2FN5O2. The summed E-state index contributed by atoms with van der Waals surface area (Å²) in [5.41, 5.74) is 1.11. The molecule has 0 aliphatic rings. The van der Waals surface area contributed by atoms with Crippen molar-refractivity contribution in [3.63, 3.8) is 0 Å². The number of halogens is 3. The molecule has 0 unspecified atom stereocenters. The van der Waals surface area contributed by atoms with Gasteiger partial charge in [-0.15, -0.1) is 0 Å². The highest BCUT2D eigenvalue weighted by Gasteiger charge is 2.16. The van der Waals surface area contributed by atoms with Crippen LogP contribution >= 0.6 is 23.2 Å². The van der Waals surface area contributed by atoms with Gasteiger partial charge in [-0.3, -0.25) is 0 Å². The summed E-state index contributed by atoms with van der Waals surface area (Å²) in [7, 11) is 0. The van der Waals surface area contributed by atoms with Crippen molar-refractivity contribution in [2.75, 3.05) is 11.9 Å². The number of ether oxygens (including phenoxy) is 2. The van der Waals surface area contributed by atoms with E-state index in [4.69, 9.17) is 32.7 Å². The predicted octanol–water partition coefficient (Wildman–Crippen LogP) is 5.12. The molecule has 160 valence electrons. The number of anilines is 1. The van der Waals surface area contributed by atoms with Crippen molar-refractivity contribution >= 4 is 29.2 Å². The van der Waals surface area contributed by atoms with Gasteiger partial charge in [0.1, 0.15) is 12.4 Å². The monoisotopic (exact) mass is 453 g/mol. The van der Waals surface area contributed by atoms with Crippen LogP contribution < -0.4 is 14.8 Å². The summed E-state index contributed by atoms with van der Waals surface area (Å²) in [6.45, 7) is 5.39. The fourth-order valence-corrected chi connectivity index (χ4v) is 3.32. The van der Waals surface area contributed by atoms with Crippen molar-refractivity contribution in [3.8, 4) is 11.5 Å². The van der Waals surface area contributed by atoms with E-state index in [1.54, 1.807) is 22.9 Å². The van der Waals surface area contributed by atoms with Gasteiger partial charge in [0.2, 0.25) is 5.95 Å². The molecule has 0 radical (unpaired) electrons. The molecule has 0 saturated carbocycles. The Bertz CT molecular complexity index is 979. The highest BCUT2D eigenvalue weighted by molar-refractivity contribution is 6.32. The molecule has 0 amide bonds. The molecule has 2 aromatic carbocycles. The van der Waals surface area contributed by atoms with Gasteiger partial charge in [0.25, 0.3) is 0 Å². The van der Waals surface area contributed by atoms with E-state index in [9.17, 15) is 4.39 Å². The van der Waals surface area contributed by atoms with Crippen molar-refractivity contribution < 1.29 is 13.9 Å². The van der Waals surface area contributed by atoms with Crippen LogP contribution in [0.4, 0.5) is 10.3 Å². The molecule has 3 aromatic rings. The zero-order valence-electron chi connectivity index (χ0n) is 16.7. The van der Waals surface area contributed by atoms with E-state index < -0.39 is 5.82 Å². The van der Waals surface area contributed by atoms with Gasteiger partial charge in [0.15, 0.2) is 11.5 Å². The zero-order chi connectivity index (χ0) is 21.5. The molecule has 0 saturated heterocycles. The summed E-state index contributed by atoms with van der Waals surface area (Å²) >= 11 is 12.5. The largest absolute Gasteiger partial charge is 0.490 e. The first-order valence-electron chi connectivity index (χ1n) is 9.54. The number of nitrogens with zero attached hydrogens (tertiary/aromatic N) is 4. The maximum Gasteiger partial charge on any atom is 0.243 e. The second-order valence-electron chi connectivity index (χ2n) is 6.41. The average molecular weight is 454 g/mol. The molecule has 30 heavy (non-hydrogen) atoms. The van der Waals surface area contributed by atoms with Crippen LogP contribution in [0.3, 0.4) is 0 Å². The Morgan fingerprint density at radius 2 is 1.97 bits per heavy atom. The highest BCUT2D eigenvalue weighted by atomic mass is 35.5. The van der Waals surface area contributed by atoms with Gasteiger partial charge in [-0.2, -0.15) is 0 Å². The number of benzene rings is 2. The topological polar surface area (TPSA) is 74.1 Å². The molecule has 1 heterocycles. The summed E-state index contributed by atoms with van der Waals surface area (Å²) in [4.78, 5) is 0. The van der Waals surface area contributed by atoms with Crippen LogP contribution in [0, 0.1) is 5.82 Å². The van der Waals surface area contributed by atoms with Crippen LogP contribution in [0.1, 0.15) is 31.4 Å². The smallest absolute Gasteiger partial charge is 0.243 e. The molecule has 0 aliphatic carbocycles. The Labute approximate surface area is 184 Å². The average Bonchev–Trinajstić information content (AvgIpc) is 3.15. The zero-order valence-corrected chi connectivity index (χ0v) is 18.2. The van der Waals surface area contributed by atoms with Crippen LogP contribution in [0.15, 0.2) is 30.3 Å². The first-order valence-corrected chi connectivity index (χ1v) is 10.3. The van der Waals surface area contributed by atoms with E-state index >= 15 is 0 Å². The second-order valence-corrected chi connectivity index (χ2v) is 7.22. The molecule has 1 N–H and O–H groups in total. The Kier molecular flexibility index (Phi) is 7.70. The normalized spacial score (nSPS) is 10.8. The number of nitrogens with one attached hydrogen (secondary N) is 1. The number of tetrazole rings is 1. The van der Waals surface area contributed by atoms with Crippen LogP contribution in [0.25, 0.3) is 0 Å². The first-order chi connectivity index (χ1) is 14.5. The van der Waals surface area contributed by atoms with E-state index in [2.05, 4.69) is 20.8 Å². The van der Waals surface area contributed by atoms with Gasteiger partial charge in [-0.1, -0.05) is 41.3 Å². The van der Waals surface area contributed by atoms with Crippen LogP contribution in [-0.4, -0.2) is 26.8 Å². The molecule has 7 nitrogen and oxygen atoms in total. The van der Waals surface area contributed by atoms with E-state index in [1.807, 2.05) is 19.9 Å². The summed E-state index contributed by atoms with van der Waals surface area (Å²) in [5.74, 6) is 0.919. The van der Waals surface area contributed by atoms with Gasteiger partial charge < -0.3 is 14.8 Å². The number of aromatic nitrogens is 4. The molecule has 0 spiro atoms. The number of hydrogen-bond donors (Lipinski definition) is 1. The van der Waals surface area contributed by atoms with Crippen molar-refractivity contribution in [1.82, 2.24) is 20.2 Å². The minimum atomic E-state index is -0.442. The van der Waals surface area contributed by atoms with Crippen molar-refractivity contribution in [2.45, 2.75) is 40.0 Å². The van der Waals surface area contributed by atoms with E-state index in [-0.39, 0.29) is 17.2 Å². The van der Waals surface area contributed by atoms with E-state index in [1.165, 1.54) is 6.07 Å². The molecular weight excluding hydrogens is 432 g/mol. The lowest BCUT2D eigenvalue weighted by molar-refractivity contribution is 0.266. The summed E-state index contributed by atoms with van der Waals surface area (Å²) in [5, 5.41) is 15.4. The molecule has 0 atom stereocenters. The molecule has 3 rings (SSSR count). The standard InChI is InChI=1S/C20H22Cl2FN5O2/c1-3-8-28-20(25-26-27-28)24-11-13-9-16(22)19(18(10-13)29-4-2)30-12-14-15(21)6-5-7-17(14)23/h5-7,9-10H,3-4,8,11-12H2,1-2H3,(H,24,25,27). The lowest BCUT2D eigenvalue weighted by atomic mass is 10.2. The third-order valence-corrected chi connectivity index (χ3v) is 4.84. The first kappa shape index (κ1) is 22.1. The number of hydrogen-bond acceptors (Lipinski definition) is 6. The Morgan fingerprint density at radius 1 is 1.13 bits per heavy atom. The fraction of sp³-hybridized carbons (Fsp3) is 0.350. The third-order valence-electron chi connectivity index (χ3n) is 4.21. The maximum atomic E-state index is 14.0. The van der Waals surface area contributed by atoms with E-state index in [0.717, 1.165) is 12.0 Å². The van der Waals surface area contributed by atoms with Crippen LogP contribution in [-0.2, 0) is 19.7 Å². The minimum Gasteiger partial charge on any atom is -0.490 e. The molecule has 10 heteroatoms. The lowest BCUT2D eigenvalue weighted by Crippen LogP contribution is -2.09. The fourth-order valence-electron chi connectivity index (χ4n) is 2.82. The summed E-state index contributed by atoms with van der Waals surface area (Å²) < 4.78 is 27.2. The Morgan fingerprint density at radius 3 is 2.70 bits per heavy atom. The van der Waals surface area contributed by atoms with Crippen molar-refractivity contribution in [2.24, 2.45) is 0 Å². The molecule has 0 bridgehead atoms. The van der Waals surface area contributed by atoms with Crippen LogP contribution in [0.2, 0.25) is 10.0 Å². The van der Waals surface area contributed by atoms with Crippen molar-refractivity contribution in [3.05, 3.63) is 57.3 Å². The van der Waals surface area contributed by atoms with Gasteiger partial charge in [0.05, 0.1) is 16.7 Å². The SMILES string of the molecule is CCCn1nnnc1NCc1cc(Cl)c(OCc2c(F)cccc2Cl)c(OCC)c1. The Balaban J connectivity index is 1.77. The molecule has 0 aliphatic heterocycles. The van der Waals surface area contributed by atoms with E-state index in [0.29, 0.717) is 42.2 Å². The maximum absolute atomic E-state index is 14.0. The van der Waals surface area contributed by atoms with Gasteiger partial charge in [-0.05, 0) is 53.6 Å². The third kappa shape index (κ3) is 5.31. The highest BCUT2D eigenvalue weighted by Crippen LogP contribution is 2.38. The van der Waals surface area contributed by atoms with Gasteiger partial charge >= 0.3 is 0 Å². The Hall–Kier alpha value is -2.58. The molecule has 1 aromatic heterocycles. The van der Waals surface area contributed by atoms with Crippen molar-refractivity contribution in [1.29, 1.82) is 0 Å². The quantitative estimate of drug-likeness (QED) is 0.459. The summed E-state index contributed by atoms with van der Waals surface area (Å²) in [6.07, 6.45) is 0.915. The predicted molar refractivity (Wildman–Crippen MR) is 114 cm³/mol.